The highest BCUT2D eigenvalue weighted by Crippen LogP contribution is 2.43. The maximum Gasteiger partial charge on any atom is 0.144 e. The van der Waals surface area contributed by atoms with E-state index in [1.54, 1.807) is 6.07 Å². The van der Waals surface area contributed by atoms with Crippen molar-refractivity contribution in [3.63, 3.8) is 0 Å². The third kappa shape index (κ3) is 2.89. The van der Waals surface area contributed by atoms with Gasteiger partial charge in [0.1, 0.15) is 11.6 Å². The fourth-order valence-corrected chi connectivity index (χ4v) is 4.03. The number of nitrogens with zero attached hydrogens (tertiary/aromatic N) is 1. The summed E-state index contributed by atoms with van der Waals surface area (Å²) in [5, 5.41) is 0. The number of carbonyl (C=O) groups excluding carboxylic acids is 1. The molecule has 0 radical (unpaired) electrons. The summed E-state index contributed by atoms with van der Waals surface area (Å²) in [6, 6.07) is 6.86. The number of Topliss-reactive ketones (excluding diaryl/α,β-unsaturated/α-hetero) is 1. The maximum absolute atomic E-state index is 14.2. The molecule has 0 amide bonds. The van der Waals surface area contributed by atoms with E-state index in [9.17, 15) is 9.18 Å². The summed E-state index contributed by atoms with van der Waals surface area (Å²) in [5.41, 5.74) is 0.0827. The van der Waals surface area contributed by atoms with E-state index in [4.69, 9.17) is 0 Å². The van der Waals surface area contributed by atoms with Crippen molar-refractivity contribution in [1.82, 2.24) is 4.90 Å². The van der Waals surface area contributed by atoms with Crippen LogP contribution in [0.2, 0.25) is 0 Å². The van der Waals surface area contributed by atoms with Crippen LogP contribution in [0.3, 0.4) is 0 Å². The molecule has 0 aromatic heterocycles. The molecule has 2 fully saturated rings. The predicted molar refractivity (Wildman–Crippen MR) is 81.8 cm³/mol. The van der Waals surface area contributed by atoms with Crippen molar-refractivity contribution in [2.75, 3.05) is 19.6 Å². The molecule has 0 spiro atoms. The van der Waals surface area contributed by atoms with E-state index < -0.39 is 5.41 Å². The fourth-order valence-electron chi connectivity index (χ4n) is 4.03. The third-order valence-corrected chi connectivity index (χ3v) is 5.23. The van der Waals surface area contributed by atoms with Crippen molar-refractivity contribution < 1.29 is 9.18 Å². The van der Waals surface area contributed by atoms with E-state index in [-0.39, 0.29) is 11.6 Å². The number of ketones is 1. The van der Waals surface area contributed by atoms with Gasteiger partial charge in [-0.1, -0.05) is 31.0 Å². The standard InChI is InChI=1S/C18H24FNO/c19-16-8-2-1-7-15(16)18(10-3-4-11-18)17(21)9-14-20-12-5-6-13-20/h1-2,7-8H,3-6,9-14H2. The van der Waals surface area contributed by atoms with E-state index in [2.05, 4.69) is 4.90 Å². The largest absolute Gasteiger partial charge is 0.303 e. The summed E-state index contributed by atoms with van der Waals surface area (Å²) in [5.74, 6) is 0.0333. The predicted octanol–water partition coefficient (Wildman–Crippen LogP) is 3.69. The molecule has 1 saturated carbocycles. The quantitative estimate of drug-likeness (QED) is 0.824. The Bertz CT molecular complexity index is 502. The Hall–Kier alpha value is -1.22. The Labute approximate surface area is 126 Å². The molecule has 0 atom stereocenters. The zero-order chi connectivity index (χ0) is 14.7. The lowest BCUT2D eigenvalue weighted by Crippen LogP contribution is -2.36. The lowest BCUT2D eigenvalue weighted by Gasteiger charge is -2.29. The van der Waals surface area contributed by atoms with Crippen molar-refractivity contribution in [3.05, 3.63) is 35.6 Å². The van der Waals surface area contributed by atoms with Crippen LogP contribution in [-0.4, -0.2) is 30.3 Å². The van der Waals surface area contributed by atoms with Gasteiger partial charge in [0.2, 0.25) is 0 Å². The first-order valence-electron chi connectivity index (χ1n) is 8.23. The molecule has 3 rings (SSSR count). The zero-order valence-corrected chi connectivity index (χ0v) is 12.6. The van der Waals surface area contributed by atoms with E-state index in [0.29, 0.717) is 12.0 Å². The van der Waals surface area contributed by atoms with Crippen LogP contribution in [0, 0.1) is 5.82 Å². The molecular weight excluding hydrogens is 265 g/mol. The SMILES string of the molecule is O=C(CCN1CCCC1)C1(c2ccccc2F)CCCC1. The first-order chi connectivity index (χ1) is 10.2. The highest BCUT2D eigenvalue weighted by atomic mass is 19.1. The monoisotopic (exact) mass is 289 g/mol. The molecule has 0 N–H and O–H groups in total. The number of hydrogen-bond donors (Lipinski definition) is 0. The number of hydrogen-bond acceptors (Lipinski definition) is 2. The number of carbonyl (C=O) groups is 1. The molecule has 21 heavy (non-hydrogen) atoms. The fraction of sp³-hybridized carbons (Fsp3) is 0.611. The Morgan fingerprint density at radius 2 is 1.76 bits per heavy atom. The van der Waals surface area contributed by atoms with Crippen LogP contribution in [0.4, 0.5) is 4.39 Å². The summed E-state index contributed by atoms with van der Waals surface area (Å²) < 4.78 is 14.2. The first kappa shape index (κ1) is 14.7. The van der Waals surface area contributed by atoms with Gasteiger partial charge in [-0.15, -0.1) is 0 Å². The third-order valence-electron chi connectivity index (χ3n) is 5.23. The Morgan fingerprint density at radius 1 is 1.10 bits per heavy atom. The molecular formula is C18H24FNO. The maximum atomic E-state index is 14.2. The minimum Gasteiger partial charge on any atom is -0.303 e. The van der Waals surface area contributed by atoms with Gasteiger partial charge in [0.25, 0.3) is 0 Å². The average molecular weight is 289 g/mol. The second-order valence-corrected chi connectivity index (χ2v) is 6.49. The van der Waals surface area contributed by atoms with Crippen molar-refractivity contribution in [3.8, 4) is 0 Å². The van der Waals surface area contributed by atoms with Gasteiger partial charge in [0, 0.05) is 18.5 Å². The summed E-state index contributed by atoms with van der Waals surface area (Å²) in [6.45, 7) is 3.06. The van der Waals surface area contributed by atoms with Crippen molar-refractivity contribution in [2.45, 2.75) is 50.4 Å². The van der Waals surface area contributed by atoms with Crippen LogP contribution >= 0.6 is 0 Å². The van der Waals surface area contributed by atoms with Crippen LogP contribution in [0.15, 0.2) is 24.3 Å². The number of rotatable bonds is 5. The van der Waals surface area contributed by atoms with Crippen molar-refractivity contribution in [2.24, 2.45) is 0 Å². The van der Waals surface area contributed by atoms with E-state index >= 15 is 0 Å². The number of likely N-dealkylation sites (tertiary alicyclic amines) is 1. The number of benzene rings is 1. The van der Waals surface area contributed by atoms with E-state index in [0.717, 1.165) is 45.3 Å². The average Bonchev–Trinajstić information content (AvgIpc) is 3.17. The normalized spacial score (nSPS) is 21.8. The second-order valence-electron chi connectivity index (χ2n) is 6.49. The number of halogens is 1. The summed E-state index contributed by atoms with van der Waals surface area (Å²) in [4.78, 5) is 15.2. The Morgan fingerprint density at radius 3 is 2.43 bits per heavy atom. The summed E-state index contributed by atoms with van der Waals surface area (Å²) in [6.07, 6.45) is 6.74. The van der Waals surface area contributed by atoms with Crippen molar-refractivity contribution >= 4 is 5.78 Å². The van der Waals surface area contributed by atoms with Gasteiger partial charge in [0.15, 0.2) is 0 Å². The van der Waals surface area contributed by atoms with Gasteiger partial charge in [-0.3, -0.25) is 4.79 Å². The van der Waals surface area contributed by atoms with Crippen LogP contribution in [0.1, 0.15) is 50.5 Å². The molecule has 1 aliphatic heterocycles. The molecule has 1 aliphatic carbocycles. The lowest BCUT2D eigenvalue weighted by molar-refractivity contribution is -0.124. The van der Waals surface area contributed by atoms with Gasteiger partial charge >= 0.3 is 0 Å². The van der Waals surface area contributed by atoms with Crippen LogP contribution in [-0.2, 0) is 10.2 Å². The molecule has 2 aliphatic rings. The molecule has 1 saturated heterocycles. The molecule has 2 nitrogen and oxygen atoms in total. The summed E-state index contributed by atoms with van der Waals surface area (Å²) in [7, 11) is 0. The van der Waals surface area contributed by atoms with Crippen LogP contribution < -0.4 is 0 Å². The minimum absolute atomic E-state index is 0.214. The summed E-state index contributed by atoms with van der Waals surface area (Å²) >= 11 is 0. The Kier molecular flexibility index (Phi) is 4.39. The first-order valence-corrected chi connectivity index (χ1v) is 8.23. The van der Waals surface area contributed by atoms with Gasteiger partial charge < -0.3 is 4.90 Å². The topological polar surface area (TPSA) is 20.3 Å². The molecule has 1 aromatic rings. The molecule has 0 bridgehead atoms. The van der Waals surface area contributed by atoms with Gasteiger partial charge in [0.05, 0.1) is 5.41 Å². The molecule has 114 valence electrons. The molecule has 1 heterocycles. The Balaban J connectivity index is 1.77. The molecule has 0 unspecified atom stereocenters. The van der Waals surface area contributed by atoms with Crippen LogP contribution in [0.25, 0.3) is 0 Å². The van der Waals surface area contributed by atoms with Gasteiger partial charge in [-0.05, 0) is 44.8 Å². The minimum atomic E-state index is -0.551. The second kappa shape index (κ2) is 6.27. The van der Waals surface area contributed by atoms with Crippen molar-refractivity contribution in [1.29, 1.82) is 0 Å². The lowest BCUT2D eigenvalue weighted by atomic mass is 9.74. The highest BCUT2D eigenvalue weighted by molar-refractivity contribution is 5.90. The van der Waals surface area contributed by atoms with E-state index in [1.807, 2.05) is 12.1 Å². The zero-order valence-electron chi connectivity index (χ0n) is 12.6. The molecule has 3 heteroatoms. The smallest absolute Gasteiger partial charge is 0.144 e. The van der Waals surface area contributed by atoms with Gasteiger partial charge in [-0.25, -0.2) is 4.39 Å². The van der Waals surface area contributed by atoms with E-state index in [1.165, 1.54) is 18.9 Å². The van der Waals surface area contributed by atoms with Gasteiger partial charge in [-0.2, -0.15) is 0 Å². The van der Waals surface area contributed by atoms with Crippen LogP contribution in [0.5, 0.6) is 0 Å². The highest BCUT2D eigenvalue weighted by Gasteiger charge is 2.43. The molecule has 1 aromatic carbocycles.